The van der Waals surface area contributed by atoms with Crippen molar-refractivity contribution in [3.63, 3.8) is 0 Å². The summed E-state index contributed by atoms with van der Waals surface area (Å²) in [7, 11) is -4.22. The van der Waals surface area contributed by atoms with Gasteiger partial charge in [0.1, 0.15) is 17.2 Å². The zero-order chi connectivity index (χ0) is 20.7. The molecule has 9 nitrogen and oxygen atoms in total. The van der Waals surface area contributed by atoms with Crippen LogP contribution in [0.15, 0.2) is 29.4 Å². The Morgan fingerprint density at radius 3 is 2.68 bits per heavy atom. The van der Waals surface area contributed by atoms with E-state index in [1.54, 1.807) is 0 Å². The number of pyridine rings is 1. The number of nitrogen functional groups attached to an aromatic ring is 1. The molecule has 1 aliphatic heterocycles. The highest BCUT2D eigenvalue weighted by Crippen LogP contribution is 2.37. The van der Waals surface area contributed by atoms with Gasteiger partial charge in [0.25, 0.3) is 15.9 Å². The van der Waals surface area contributed by atoms with Crippen LogP contribution in [0.5, 0.6) is 0 Å². The molecule has 0 saturated carbocycles. The first-order valence-electron chi connectivity index (χ1n) is 8.59. The molecule has 0 aliphatic carbocycles. The molecular formula is C17H21ClN6O3S. The molecule has 1 fully saturated rings. The highest BCUT2D eigenvalue weighted by Gasteiger charge is 2.39. The lowest BCUT2D eigenvalue weighted by molar-refractivity contribution is 0.0981. The summed E-state index contributed by atoms with van der Waals surface area (Å²) in [5.41, 5.74) is 5.27. The van der Waals surface area contributed by atoms with E-state index in [0.29, 0.717) is 18.3 Å². The van der Waals surface area contributed by atoms with Gasteiger partial charge in [0.2, 0.25) is 5.28 Å². The molecule has 2 aromatic rings. The smallest absolute Gasteiger partial charge is 0.281 e. The van der Waals surface area contributed by atoms with Crippen molar-refractivity contribution in [3.8, 4) is 0 Å². The quantitative estimate of drug-likeness (QED) is 0.711. The first kappa shape index (κ1) is 20.3. The van der Waals surface area contributed by atoms with Gasteiger partial charge in [0.15, 0.2) is 5.03 Å². The molecular weight excluding hydrogens is 404 g/mol. The third-order valence-electron chi connectivity index (χ3n) is 4.56. The van der Waals surface area contributed by atoms with Crippen LogP contribution >= 0.6 is 11.6 Å². The van der Waals surface area contributed by atoms with E-state index in [1.165, 1.54) is 24.4 Å². The van der Waals surface area contributed by atoms with E-state index in [2.05, 4.69) is 21.9 Å². The van der Waals surface area contributed by atoms with Gasteiger partial charge in [-0.1, -0.05) is 13.0 Å². The van der Waals surface area contributed by atoms with Crippen LogP contribution in [0.1, 0.15) is 37.6 Å². The second-order valence-electron chi connectivity index (χ2n) is 7.44. The third-order valence-corrected chi connectivity index (χ3v) is 5.97. The molecule has 1 atom stereocenters. The van der Waals surface area contributed by atoms with Crippen molar-refractivity contribution in [1.29, 1.82) is 0 Å². The van der Waals surface area contributed by atoms with Crippen molar-refractivity contribution in [2.24, 2.45) is 5.92 Å². The summed E-state index contributed by atoms with van der Waals surface area (Å²) in [5.74, 6) is -0.174. The lowest BCUT2D eigenvalue weighted by Crippen LogP contribution is -2.41. The number of nitrogens with two attached hydrogens (primary N) is 1. The fourth-order valence-electron chi connectivity index (χ4n) is 3.49. The van der Waals surface area contributed by atoms with Crippen LogP contribution in [0.4, 0.5) is 11.6 Å². The van der Waals surface area contributed by atoms with Crippen molar-refractivity contribution in [2.45, 2.75) is 37.8 Å². The number of nitrogens with zero attached hydrogens (tertiary/aromatic N) is 4. The minimum Gasteiger partial charge on any atom is -0.384 e. The number of aromatic nitrogens is 3. The lowest BCUT2D eigenvalue weighted by atomic mass is 9.97. The highest BCUT2D eigenvalue weighted by molar-refractivity contribution is 7.90. The van der Waals surface area contributed by atoms with E-state index in [0.717, 1.165) is 6.42 Å². The SMILES string of the molecule is CC1CN(c2nc(Cl)ncc2C(=O)NS(=O)(=O)c2cccc(N)n2)C(C)(C)C1. The summed E-state index contributed by atoms with van der Waals surface area (Å²) >= 11 is 5.95. The maximum Gasteiger partial charge on any atom is 0.281 e. The number of rotatable bonds is 4. The minimum absolute atomic E-state index is 0.0130. The molecule has 28 heavy (non-hydrogen) atoms. The van der Waals surface area contributed by atoms with Gasteiger partial charge in [-0.2, -0.15) is 13.4 Å². The summed E-state index contributed by atoms with van der Waals surface area (Å²) in [6.07, 6.45) is 2.11. The van der Waals surface area contributed by atoms with Gasteiger partial charge in [-0.25, -0.2) is 14.7 Å². The summed E-state index contributed by atoms with van der Waals surface area (Å²) in [6, 6.07) is 4.13. The van der Waals surface area contributed by atoms with Crippen molar-refractivity contribution >= 4 is 39.2 Å². The largest absolute Gasteiger partial charge is 0.384 e. The summed E-state index contributed by atoms with van der Waals surface area (Å²) in [5, 5.41) is -0.380. The van der Waals surface area contributed by atoms with Crippen LogP contribution in [0.3, 0.4) is 0 Å². The molecule has 0 aromatic carbocycles. The lowest BCUT2D eigenvalue weighted by Gasteiger charge is -2.33. The Hall–Kier alpha value is -2.46. The summed E-state index contributed by atoms with van der Waals surface area (Å²) in [4.78, 5) is 26.6. The van der Waals surface area contributed by atoms with Crippen LogP contribution in [-0.4, -0.2) is 41.4 Å². The van der Waals surface area contributed by atoms with E-state index >= 15 is 0 Å². The number of hydrogen-bond acceptors (Lipinski definition) is 8. The third kappa shape index (κ3) is 4.02. The second kappa shape index (κ2) is 7.17. The van der Waals surface area contributed by atoms with Crippen LogP contribution in [-0.2, 0) is 10.0 Å². The monoisotopic (exact) mass is 424 g/mol. The van der Waals surface area contributed by atoms with E-state index < -0.39 is 15.9 Å². The second-order valence-corrected chi connectivity index (χ2v) is 9.41. The van der Waals surface area contributed by atoms with Crippen LogP contribution in [0.25, 0.3) is 0 Å². The van der Waals surface area contributed by atoms with E-state index in [-0.39, 0.29) is 27.2 Å². The van der Waals surface area contributed by atoms with Gasteiger partial charge >= 0.3 is 0 Å². The maximum absolute atomic E-state index is 12.8. The van der Waals surface area contributed by atoms with Gasteiger partial charge in [-0.3, -0.25) is 4.79 Å². The average Bonchev–Trinajstić information content (AvgIpc) is 2.86. The topological polar surface area (TPSA) is 131 Å². The van der Waals surface area contributed by atoms with Gasteiger partial charge in [0, 0.05) is 18.3 Å². The highest BCUT2D eigenvalue weighted by atomic mass is 35.5. The van der Waals surface area contributed by atoms with E-state index in [9.17, 15) is 13.2 Å². The van der Waals surface area contributed by atoms with Crippen LogP contribution < -0.4 is 15.4 Å². The number of nitrogens with one attached hydrogen (secondary N) is 1. The average molecular weight is 425 g/mol. The van der Waals surface area contributed by atoms with Gasteiger partial charge in [0.05, 0.1) is 0 Å². The molecule has 3 N–H and O–H groups in total. The molecule has 3 rings (SSSR count). The molecule has 1 amide bonds. The van der Waals surface area contributed by atoms with E-state index in [1.807, 2.05) is 23.5 Å². The molecule has 0 spiro atoms. The van der Waals surface area contributed by atoms with Crippen molar-refractivity contribution < 1.29 is 13.2 Å². The van der Waals surface area contributed by atoms with Gasteiger partial charge in [-0.05, 0) is 49.9 Å². The number of halogens is 1. The normalized spacial score (nSPS) is 18.9. The van der Waals surface area contributed by atoms with Crippen LogP contribution in [0.2, 0.25) is 5.28 Å². The Bertz CT molecular complexity index is 1030. The van der Waals surface area contributed by atoms with Crippen LogP contribution in [0, 0.1) is 5.92 Å². The fraction of sp³-hybridized carbons (Fsp3) is 0.412. The first-order chi connectivity index (χ1) is 13.0. The molecule has 2 aromatic heterocycles. The van der Waals surface area contributed by atoms with E-state index in [4.69, 9.17) is 17.3 Å². The molecule has 1 aliphatic rings. The Morgan fingerprint density at radius 1 is 1.36 bits per heavy atom. The fourth-order valence-corrected chi connectivity index (χ4v) is 4.56. The molecule has 1 unspecified atom stereocenters. The number of anilines is 2. The molecule has 1 saturated heterocycles. The number of sulfonamides is 1. The van der Waals surface area contributed by atoms with Gasteiger partial charge < -0.3 is 10.6 Å². The van der Waals surface area contributed by atoms with Gasteiger partial charge in [-0.15, -0.1) is 0 Å². The Labute approximate surface area is 168 Å². The molecule has 0 radical (unpaired) electrons. The first-order valence-corrected chi connectivity index (χ1v) is 10.5. The van der Waals surface area contributed by atoms with Crippen molar-refractivity contribution in [3.05, 3.63) is 35.2 Å². The summed E-state index contributed by atoms with van der Waals surface area (Å²) in [6.45, 7) is 6.81. The molecule has 0 bridgehead atoms. The maximum atomic E-state index is 12.8. The summed E-state index contributed by atoms with van der Waals surface area (Å²) < 4.78 is 27.0. The zero-order valence-electron chi connectivity index (χ0n) is 15.7. The number of carbonyl (C=O) groups excluding carboxylic acids is 1. The minimum atomic E-state index is -4.22. The van der Waals surface area contributed by atoms with Crippen molar-refractivity contribution in [1.82, 2.24) is 19.7 Å². The number of hydrogen-bond donors (Lipinski definition) is 2. The predicted octanol–water partition coefficient (Wildman–Crippen LogP) is 1.85. The number of carbonyl (C=O) groups is 1. The molecule has 11 heteroatoms. The Morgan fingerprint density at radius 2 is 2.07 bits per heavy atom. The predicted molar refractivity (Wildman–Crippen MR) is 106 cm³/mol. The Balaban J connectivity index is 1.97. The van der Waals surface area contributed by atoms with Crippen molar-refractivity contribution in [2.75, 3.05) is 17.2 Å². The Kier molecular flexibility index (Phi) is 5.20. The molecule has 3 heterocycles. The standard InChI is InChI=1S/C17H21ClN6O3S/c1-10-7-17(2,3)24(9-10)14-11(8-20-16(18)22-14)15(25)23-28(26,27)13-6-4-5-12(19)21-13/h4-6,8,10H,7,9H2,1-3H3,(H2,19,21)(H,23,25). The zero-order valence-corrected chi connectivity index (χ0v) is 17.3. The number of amides is 1. The molecule has 150 valence electrons.